The van der Waals surface area contributed by atoms with E-state index in [4.69, 9.17) is 14.2 Å². The van der Waals surface area contributed by atoms with Crippen LogP contribution in [-0.4, -0.2) is 33.5 Å². The predicted molar refractivity (Wildman–Crippen MR) is 83.6 cm³/mol. The van der Waals surface area contributed by atoms with Crippen molar-refractivity contribution in [2.24, 2.45) is 0 Å². The van der Waals surface area contributed by atoms with E-state index in [1.165, 1.54) is 12.0 Å². The Labute approximate surface area is 127 Å². The smallest absolute Gasteiger partial charge is 0.124 e. The summed E-state index contributed by atoms with van der Waals surface area (Å²) in [5.41, 5.74) is 2.36. The largest absolute Gasteiger partial charge is 0.496 e. The van der Waals surface area contributed by atoms with Crippen molar-refractivity contribution in [3.05, 3.63) is 29.3 Å². The summed E-state index contributed by atoms with van der Waals surface area (Å²) in [4.78, 5) is 0. The second-order valence-corrected chi connectivity index (χ2v) is 5.63. The molecule has 1 aromatic rings. The molecule has 0 aliphatic heterocycles. The average molecular weight is 293 g/mol. The molecule has 1 aliphatic rings. The summed E-state index contributed by atoms with van der Waals surface area (Å²) in [6, 6.07) is 6.26. The molecule has 0 spiro atoms. The number of rotatable bonds is 7. The van der Waals surface area contributed by atoms with Crippen molar-refractivity contribution < 1.29 is 14.2 Å². The summed E-state index contributed by atoms with van der Waals surface area (Å²) in [6.45, 7) is 1.45. The van der Waals surface area contributed by atoms with E-state index in [0.29, 0.717) is 18.8 Å². The van der Waals surface area contributed by atoms with Gasteiger partial charge in [-0.15, -0.1) is 0 Å². The van der Waals surface area contributed by atoms with Gasteiger partial charge >= 0.3 is 0 Å². The molecule has 1 N–H and O–H groups in total. The van der Waals surface area contributed by atoms with Crippen LogP contribution in [0.25, 0.3) is 0 Å². The molecule has 1 fully saturated rings. The second-order valence-electron chi connectivity index (χ2n) is 5.63. The zero-order chi connectivity index (χ0) is 15.1. The Morgan fingerprint density at radius 2 is 2.00 bits per heavy atom. The van der Waals surface area contributed by atoms with Crippen molar-refractivity contribution >= 4 is 0 Å². The maximum atomic E-state index is 6.10. The molecule has 2 atom stereocenters. The van der Waals surface area contributed by atoms with E-state index in [-0.39, 0.29) is 0 Å². The summed E-state index contributed by atoms with van der Waals surface area (Å²) < 4.78 is 17.0. The van der Waals surface area contributed by atoms with Crippen LogP contribution < -0.4 is 10.1 Å². The number of ether oxygens (including phenoxy) is 3. The van der Waals surface area contributed by atoms with E-state index in [2.05, 4.69) is 17.4 Å². The minimum Gasteiger partial charge on any atom is -0.496 e. The maximum Gasteiger partial charge on any atom is 0.124 e. The maximum absolute atomic E-state index is 6.10. The molecule has 0 amide bonds. The molecular weight excluding hydrogens is 266 g/mol. The molecule has 0 heterocycles. The lowest BCUT2D eigenvalue weighted by atomic mass is 9.95. The Kier molecular flexibility index (Phi) is 6.49. The first-order valence-corrected chi connectivity index (χ1v) is 7.71. The minimum absolute atomic E-state index is 0.293. The van der Waals surface area contributed by atoms with Crippen molar-refractivity contribution in [3.8, 4) is 5.75 Å². The summed E-state index contributed by atoms with van der Waals surface area (Å²) >= 11 is 0. The zero-order valence-corrected chi connectivity index (χ0v) is 13.4. The van der Waals surface area contributed by atoms with Crippen molar-refractivity contribution in [2.75, 3.05) is 21.3 Å². The standard InChI is InChI=1S/C17H27NO3/c1-18-11-13-7-8-17(20-3)14(9-13)12-21-16-6-4-5-15(10-16)19-2/h7-9,15-16,18H,4-6,10-12H2,1-3H3. The highest BCUT2D eigenvalue weighted by Gasteiger charge is 2.22. The van der Waals surface area contributed by atoms with Gasteiger partial charge in [-0.1, -0.05) is 6.07 Å². The van der Waals surface area contributed by atoms with Crippen molar-refractivity contribution in [3.63, 3.8) is 0 Å². The fraction of sp³-hybridized carbons (Fsp3) is 0.647. The van der Waals surface area contributed by atoms with Crippen LogP contribution in [-0.2, 0) is 22.6 Å². The molecule has 1 aliphatic carbocycles. The summed E-state index contributed by atoms with van der Waals surface area (Å²) in [6.07, 6.45) is 5.09. The Morgan fingerprint density at radius 1 is 1.19 bits per heavy atom. The van der Waals surface area contributed by atoms with Gasteiger partial charge in [-0.05, 0) is 50.4 Å². The molecule has 0 bridgehead atoms. The SMILES string of the molecule is CNCc1ccc(OC)c(COC2CCCC(OC)C2)c1. The van der Waals surface area contributed by atoms with Crippen LogP contribution in [0.3, 0.4) is 0 Å². The van der Waals surface area contributed by atoms with Crippen LogP contribution in [0.2, 0.25) is 0 Å². The van der Waals surface area contributed by atoms with E-state index in [1.807, 2.05) is 13.1 Å². The molecule has 4 nitrogen and oxygen atoms in total. The lowest BCUT2D eigenvalue weighted by Gasteiger charge is -2.28. The summed E-state index contributed by atoms with van der Waals surface area (Å²) in [7, 11) is 5.45. The summed E-state index contributed by atoms with van der Waals surface area (Å²) in [5, 5.41) is 3.17. The van der Waals surface area contributed by atoms with Gasteiger partial charge in [0, 0.05) is 19.2 Å². The Bertz CT molecular complexity index is 436. The van der Waals surface area contributed by atoms with Gasteiger partial charge < -0.3 is 19.5 Å². The highest BCUT2D eigenvalue weighted by molar-refractivity contribution is 5.36. The monoisotopic (exact) mass is 293 g/mol. The molecule has 4 heteroatoms. The molecular formula is C17H27NO3. The first-order valence-electron chi connectivity index (χ1n) is 7.71. The summed E-state index contributed by atoms with van der Waals surface area (Å²) in [5.74, 6) is 0.897. The van der Waals surface area contributed by atoms with E-state index in [1.54, 1.807) is 14.2 Å². The fourth-order valence-electron chi connectivity index (χ4n) is 2.93. The van der Waals surface area contributed by atoms with Gasteiger partial charge in [0.05, 0.1) is 25.9 Å². The highest BCUT2D eigenvalue weighted by Crippen LogP contribution is 2.26. The third-order valence-corrected chi connectivity index (χ3v) is 4.11. The zero-order valence-electron chi connectivity index (χ0n) is 13.4. The predicted octanol–water partition coefficient (Wildman–Crippen LogP) is 2.89. The molecule has 0 saturated heterocycles. The van der Waals surface area contributed by atoms with Crippen LogP contribution in [0.1, 0.15) is 36.8 Å². The van der Waals surface area contributed by atoms with Crippen LogP contribution in [0, 0.1) is 0 Å². The molecule has 118 valence electrons. The van der Waals surface area contributed by atoms with Gasteiger partial charge in [0.15, 0.2) is 0 Å². The molecule has 0 aromatic heterocycles. The van der Waals surface area contributed by atoms with Gasteiger partial charge in [-0.3, -0.25) is 0 Å². The van der Waals surface area contributed by atoms with Crippen LogP contribution >= 0.6 is 0 Å². The molecule has 2 unspecified atom stereocenters. The van der Waals surface area contributed by atoms with E-state index >= 15 is 0 Å². The van der Waals surface area contributed by atoms with Gasteiger partial charge in [0.25, 0.3) is 0 Å². The normalized spacial score (nSPS) is 22.2. The topological polar surface area (TPSA) is 39.7 Å². The van der Waals surface area contributed by atoms with E-state index < -0.39 is 0 Å². The van der Waals surface area contributed by atoms with Crippen LogP contribution in [0.15, 0.2) is 18.2 Å². The fourth-order valence-corrected chi connectivity index (χ4v) is 2.93. The van der Waals surface area contributed by atoms with Gasteiger partial charge in [-0.2, -0.15) is 0 Å². The second kappa shape index (κ2) is 8.37. The number of hydrogen-bond acceptors (Lipinski definition) is 4. The highest BCUT2D eigenvalue weighted by atomic mass is 16.5. The Balaban J connectivity index is 1.96. The molecule has 1 aromatic carbocycles. The first kappa shape index (κ1) is 16.3. The van der Waals surface area contributed by atoms with Gasteiger partial charge in [0.2, 0.25) is 0 Å². The lowest BCUT2D eigenvalue weighted by Crippen LogP contribution is -2.27. The van der Waals surface area contributed by atoms with E-state index in [0.717, 1.165) is 37.1 Å². The average Bonchev–Trinajstić information content (AvgIpc) is 2.53. The lowest BCUT2D eigenvalue weighted by molar-refractivity contribution is -0.0367. The number of benzene rings is 1. The van der Waals surface area contributed by atoms with Crippen molar-refractivity contribution in [1.82, 2.24) is 5.32 Å². The Hall–Kier alpha value is -1.10. The molecule has 21 heavy (non-hydrogen) atoms. The molecule has 1 saturated carbocycles. The van der Waals surface area contributed by atoms with Crippen LogP contribution in [0.4, 0.5) is 0 Å². The van der Waals surface area contributed by atoms with Crippen LogP contribution in [0.5, 0.6) is 5.75 Å². The number of methoxy groups -OCH3 is 2. The van der Waals surface area contributed by atoms with Crippen molar-refractivity contribution in [2.45, 2.75) is 51.0 Å². The van der Waals surface area contributed by atoms with Gasteiger partial charge in [-0.25, -0.2) is 0 Å². The quantitative estimate of drug-likeness (QED) is 0.839. The minimum atomic E-state index is 0.293. The number of nitrogens with one attached hydrogen (secondary N) is 1. The van der Waals surface area contributed by atoms with Gasteiger partial charge in [0.1, 0.15) is 5.75 Å². The molecule has 0 radical (unpaired) electrons. The first-order chi connectivity index (χ1) is 10.3. The number of hydrogen-bond donors (Lipinski definition) is 1. The molecule has 2 rings (SSSR count). The van der Waals surface area contributed by atoms with E-state index in [9.17, 15) is 0 Å². The third kappa shape index (κ3) is 4.70. The van der Waals surface area contributed by atoms with Crippen molar-refractivity contribution in [1.29, 1.82) is 0 Å². The Morgan fingerprint density at radius 3 is 2.71 bits per heavy atom. The third-order valence-electron chi connectivity index (χ3n) is 4.11.